The van der Waals surface area contributed by atoms with Crippen LogP contribution < -0.4 is 5.32 Å². The average molecular weight is 237 g/mol. The number of nitrogens with one attached hydrogen (secondary N) is 1. The molecule has 0 aliphatic carbocycles. The second-order valence-electron chi connectivity index (χ2n) is 3.64. The summed E-state index contributed by atoms with van der Waals surface area (Å²) in [4.78, 5) is 0. The average Bonchev–Trinajstić information content (AvgIpc) is 2.24. The summed E-state index contributed by atoms with van der Waals surface area (Å²) < 4.78 is 22.6. The number of terminal acetylenes is 1. The quantitative estimate of drug-likeness (QED) is 0.777. The molecule has 0 bridgehead atoms. The van der Waals surface area contributed by atoms with Crippen LogP contribution in [0.15, 0.2) is 30.3 Å². The molecule has 0 fully saturated rings. The predicted molar refractivity (Wildman–Crippen MR) is 65.7 cm³/mol. The van der Waals surface area contributed by atoms with Gasteiger partial charge in [-0.1, -0.05) is 36.3 Å². The monoisotopic (exact) mass is 237 g/mol. The third-order valence-corrected chi connectivity index (χ3v) is 3.06. The van der Waals surface area contributed by atoms with E-state index < -0.39 is 9.84 Å². The van der Waals surface area contributed by atoms with Crippen molar-refractivity contribution in [2.75, 3.05) is 18.6 Å². The Morgan fingerprint density at radius 3 is 2.50 bits per heavy atom. The van der Waals surface area contributed by atoms with Crippen LogP contribution in [-0.2, 0) is 9.84 Å². The fourth-order valence-electron chi connectivity index (χ4n) is 1.44. The van der Waals surface area contributed by atoms with Crippen LogP contribution in [0.1, 0.15) is 11.6 Å². The predicted octanol–water partition coefficient (Wildman–Crippen LogP) is 0.995. The van der Waals surface area contributed by atoms with E-state index in [9.17, 15) is 8.42 Å². The van der Waals surface area contributed by atoms with E-state index in [1.165, 1.54) is 6.26 Å². The van der Waals surface area contributed by atoms with Gasteiger partial charge in [0.05, 0.1) is 12.3 Å². The van der Waals surface area contributed by atoms with Gasteiger partial charge in [0.15, 0.2) is 0 Å². The molecule has 0 aliphatic rings. The smallest absolute Gasteiger partial charge is 0.149 e. The van der Waals surface area contributed by atoms with E-state index in [0.29, 0.717) is 6.54 Å². The molecule has 0 aromatic heterocycles. The maximum atomic E-state index is 11.3. The second kappa shape index (κ2) is 5.69. The fraction of sp³-hybridized carbons (Fsp3) is 0.333. The Morgan fingerprint density at radius 2 is 2.00 bits per heavy atom. The van der Waals surface area contributed by atoms with E-state index in [0.717, 1.165) is 5.56 Å². The highest BCUT2D eigenvalue weighted by Gasteiger charge is 2.15. The minimum atomic E-state index is -3.03. The summed E-state index contributed by atoms with van der Waals surface area (Å²) in [6.45, 7) is 0.356. The van der Waals surface area contributed by atoms with Gasteiger partial charge in [0.2, 0.25) is 0 Å². The van der Waals surface area contributed by atoms with Crippen molar-refractivity contribution in [2.24, 2.45) is 0 Å². The fourth-order valence-corrected chi connectivity index (χ4v) is 2.36. The van der Waals surface area contributed by atoms with E-state index in [1.54, 1.807) is 0 Å². The summed E-state index contributed by atoms with van der Waals surface area (Å²) in [5.41, 5.74) is 0.933. The summed E-state index contributed by atoms with van der Waals surface area (Å²) in [5, 5.41) is 3.03. The van der Waals surface area contributed by atoms with Gasteiger partial charge in [-0.3, -0.25) is 5.32 Å². The van der Waals surface area contributed by atoms with Crippen LogP contribution in [0.25, 0.3) is 0 Å². The lowest BCUT2D eigenvalue weighted by molar-refractivity contribution is 0.572. The van der Waals surface area contributed by atoms with Gasteiger partial charge in [-0.05, 0) is 5.56 Å². The second-order valence-corrected chi connectivity index (χ2v) is 5.83. The minimum absolute atomic E-state index is 0.0543. The van der Waals surface area contributed by atoms with Crippen LogP contribution in [0.3, 0.4) is 0 Å². The zero-order chi connectivity index (χ0) is 12.0. The molecule has 0 saturated carbocycles. The van der Waals surface area contributed by atoms with Gasteiger partial charge >= 0.3 is 0 Å². The van der Waals surface area contributed by atoms with Crippen molar-refractivity contribution >= 4 is 9.84 Å². The zero-order valence-corrected chi connectivity index (χ0v) is 10.00. The van der Waals surface area contributed by atoms with Gasteiger partial charge < -0.3 is 0 Å². The molecule has 0 heterocycles. The van der Waals surface area contributed by atoms with Crippen LogP contribution in [0, 0.1) is 12.3 Å². The van der Waals surface area contributed by atoms with Crippen molar-refractivity contribution in [3.63, 3.8) is 0 Å². The van der Waals surface area contributed by atoms with E-state index in [-0.39, 0.29) is 11.8 Å². The third kappa shape index (κ3) is 4.47. The van der Waals surface area contributed by atoms with E-state index in [1.807, 2.05) is 30.3 Å². The van der Waals surface area contributed by atoms with Crippen molar-refractivity contribution in [3.05, 3.63) is 35.9 Å². The largest absolute Gasteiger partial charge is 0.298 e. The van der Waals surface area contributed by atoms with E-state index in [4.69, 9.17) is 6.42 Å². The topological polar surface area (TPSA) is 46.2 Å². The molecule has 1 unspecified atom stereocenters. The van der Waals surface area contributed by atoms with Crippen molar-refractivity contribution in [2.45, 2.75) is 6.04 Å². The van der Waals surface area contributed by atoms with Gasteiger partial charge in [0, 0.05) is 12.3 Å². The highest BCUT2D eigenvalue weighted by atomic mass is 32.2. The van der Waals surface area contributed by atoms with Crippen LogP contribution in [0.2, 0.25) is 0 Å². The molecule has 1 aromatic carbocycles. The van der Waals surface area contributed by atoms with Crippen LogP contribution in [0.5, 0.6) is 0 Å². The number of benzene rings is 1. The molecule has 0 aliphatic heterocycles. The first-order valence-electron chi connectivity index (χ1n) is 4.92. The van der Waals surface area contributed by atoms with Crippen molar-refractivity contribution < 1.29 is 8.42 Å². The molecule has 0 spiro atoms. The first-order valence-corrected chi connectivity index (χ1v) is 6.98. The molecule has 0 radical (unpaired) electrons. The molecule has 0 saturated heterocycles. The molecular weight excluding hydrogens is 222 g/mol. The van der Waals surface area contributed by atoms with Crippen LogP contribution in [0.4, 0.5) is 0 Å². The molecule has 0 amide bonds. The molecular formula is C12H15NO2S. The van der Waals surface area contributed by atoms with Crippen LogP contribution in [-0.4, -0.2) is 27.0 Å². The molecule has 1 rings (SSSR count). The van der Waals surface area contributed by atoms with Gasteiger partial charge in [0.1, 0.15) is 9.84 Å². The van der Waals surface area contributed by atoms with Crippen molar-refractivity contribution in [3.8, 4) is 12.3 Å². The molecule has 1 aromatic rings. The standard InChI is InChI=1S/C12H15NO2S/c1-3-9-13-12(10-16(2,14)15)11-7-5-4-6-8-11/h1,4-8,12-13H,9-10H2,2H3. The van der Waals surface area contributed by atoms with E-state index in [2.05, 4.69) is 11.2 Å². The van der Waals surface area contributed by atoms with Gasteiger partial charge in [-0.25, -0.2) is 8.42 Å². The Kier molecular flexibility index (Phi) is 4.53. The maximum Gasteiger partial charge on any atom is 0.149 e. The van der Waals surface area contributed by atoms with Gasteiger partial charge in [-0.2, -0.15) is 0 Å². The molecule has 1 atom stereocenters. The Labute approximate surface area is 96.8 Å². The molecule has 16 heavy (non-hydrogen) atoms. The SMILES string of the molecule is C#CCNC(CS(C)(=O)=O)c1ccccc1. The van der Waals surface area contributed by atoms with Gasteiger partial charge in [0.25, 0.3) is 0 Å². The molecule has 1 N–H and O–H groups in total. The summed E-state index contributed by atoms with van der Waals surface area (Å²) >= 11 is 0. The number of sulfone groups is 1. The number of rotatable bonds is 5. The normalized spacial score (nSPS) is 13.0. The number of hydrogen-bond donors (Lipinski definition) is 1. The Balaban J connectivity index is 2.84. The number of hydrogen-bond acceptors (Lipinski definition) is 3. The maximum absolute atomic E-state index is 11.3. The third-order valence-electron chi connectivity index (χ3n) is 2.12. The van der Waals surface area contributed by atoms with Crippen LogP contribution >= 0.6 is 0 Å². The van der Waals surface area contributed by atoms with Crippen molar-refractivity contribution in [1.82, 2.24) is 5.32 Å². The lowest BCUT2D eigenvalue weighted by Gasteiger charge is -2.16. The minimum Gasteiger partial charge on any atom is -0.298 e. The summed E-state index contributed by atoms with van der Waals surface area (Å²) in [6.07, 6.45) is 6.38. The van der Waals surface area contributed by atoms with Gasteiger partial charge in [-0.15, -0.1) is 6.42 Å². The first kappa shape index (κ1) is 12.8. The summed E-state index contributed by atoms with van der Waals surface area (Å²) in [5.74, 6) is 2.50. The highest BCUT2D eigenvalue weighted by Crippen LogP contribution is 2.14. The van der Waals surface area contributed by atoms with E-state index >= 15 is 0 Å². The first-order chi connectivity index (χ1) is 7.53. The zero-order valence-electron chi connectivity index (χ0n) is 9.18. The summed E-state index contributed by atoms with van der Waals surface area (Å²) in [6, 6.07) is 9.18. The van der Waals surface area contributed by atoms with Crippen molar-refractivity contribution in [1.29, 1.82) is 0 Å². The lowest BCUT2D eigenvalue weighted by Crippen LogP contribution is -2.28. The Hall–Kier alpha value is -1.31. The Morgan fingerprint density at radius 1 is 1.38 bits per heavy atom. The summed E-state index contributed by atoms with van der Waals surface area (Å²) in [7, 11) is -3.03. The molecule has 4 heteroatoms. The molecule has 3 nitrogen and oxygen atoms in total. The Bertz CT molecular complexity index is 460. The lowest BCUT2D eigenvalue weighted by atomic mass is 10.1. The molecule has 86 valence electrons. The highest BCUT2D eigenvalue weighted by molar-refractivity contribution is 7.90.